The molecule has 0 bridgehead atoms. The minimum atomic E-state index is -0.645. The molecule has 0 spiro atoms. The van der Waals surface area contributed by atoms with Gasteiger partial charge in [-0.05, 0) is 36.2 Å². The van der Waals surface area contributed by atoms with E-state index in [2.05, 4.69) is 15.3 Å². The van der Waals surface area contributed by atoms with Gasteiger partial charge in [0.25, 0.3) is 5.56 Å². The Bertz CT molecular complexity index is 1390. The molecule has 2 aromatic heterocycles. The van der Waals surface area contributed by atoms with E-state index in [0.717, 1.165) is 14.7 Å². The topological polar surface area (TPSA) is 98.9 Å². The minimum absolute atomic E-state index is 0.0137. The fraction of sp³-hybridized carbons (Fsp3) is 0.136. The first-order valence-corrected chi connectivity index (χ1v) is 9.86. The van der Waals surface area contributed by atoms with Crippen molar-refractivity contribution in [2.75, 3.05) is 5.32 Å². The number of hydrogen-bond acceptors (Lipinski definition) is 5. The molecule has 0 atom stereocenters. The Balaban J connectivity index is 1.76. The summed E-state index contributed by atoms with van der Waals surface area (Å²) in [6.07, 6.45) is 2.75. The quantitative estimate of drug-likeness (QED) is 0.519. The van der Waals surface area contributed by atoms with E-state index >= 15 is 0 Å². The molecule has 0 radical (unpaired) electrons. The normalized spacial score (nSPS) is 10.9. The van der Waals surface area contributed by atoms with Crippen LogP contribution in [0.1, 0.15) is 11.1 Å². The number of hydrogen-bond donors (Lipinski definition) is 1. The molecule has 0 aliphatic rings. The van der Waals surface area contributed by atoms with Crippen LogP contribution in [0.15, 0.2) is 70.5 Å². The lowest BCUT2D eigenvalue weighted by Gasteiger charge is -2.13. The lowest BCUT2D eigenvalue weighted by atomic mass is 10.2. The number of fused-ring (bicyclic) bond motifs is 1. The number of nitrogens with one attached hydrogen (secondary N) is 1. The first-order chi connectivity index (χ1) is 14.9. The van der Waals surface area contributed by atoms with Crippen molar-refractivity contribution >= 4 is 34.4 Å². The summed E-state index contributed by atoms with van der Waals surface area (Å²) in [5.41, 5.74) is 1.10. The van der Waals surface area contributed by atoms with Gasteiger partial charge in [-0.3, -0.25) is 18.7 Å². The third-order valence-corrected chi connectivity index (χ3v) is 5.07. The van der Waals surface area contributed by atoms with Crippen molar-refractivity contribution in [1.29, 1.82) is 0 Å². The molecule has 4 rings (SSSR count). The number of amides is 1. The molecule has 2 aromatic carbocycles. The van der Waals surface area contributed by atoms with E-state index in [9.17, 15) is 14.4 Å². The van der Waals surface area contributed by atoms with Crippen molar-refractivity contribution in [3.05, 3.63) is 97.9 Å². The van der Waals surface area contributed by atoms with E-state index in [-0.39, 0.29) is 24.3 Å². The van der Waals surface area contributed by atoms with E-state index in [4.69, 9.17) is 11.6 Å². The second-order valence-electron chi connectivity index (χ2n) is 6.98. The fourth-order valence-corrected chi connectivity index (χ4v) is 3.36. The molecule has 1 N–H and O–H groups in total. The molecule has 0 saturated carbocycles. The van der Waals surface area contributed by atoms with Gasteiger partial charge in [0.2, 0.25) is 5.91 Å². The summed E-state index contributed by atoms with van der Waals surface area (Å²) in [5.74, 6) is -0.417. The Morgan fingerprint density at radius 1 is 1.00 bits per heavy atom. The SMILES string of the molecule is Cc1ccccc1NC(=O)Cn1c(=O)n(Cc2ccc(Cl)cc2)c(=O)c2nccnc21. The molecular weight excluding hydrogens is 418 g/mol. The van der Waals surface area contributed by atoms with Crippen LogP contribution in [0, 0.1) is 6.92 Å². The summed E-state index contributed by atoms with van der Waals surface area (Å²) in [7, 11) is 0. The van der Waals surface area contributed by atoms with E-state index in [1.54, 1.807) is 30.3 Å². The predicted octanol–water partition coefficient (Wildman–Crippen LogP) is 2.60. The second-order valence-corrected chi connectivity index (χ2v) is 7.41. The maximum atomic E-state index is 13.2. The molecule has 0 saturated heterocycles. The van der Waals surface area contributed by atoms with Gasteiger partial charge in [0.1, 0.15) is 6.54 Å². The van der Waals surface area contributed by atoms with Gasteiger partial charge < -0.3 is 5.32 Å². The molecule has 0 unspecified atom stereocenters. The van der Waals surface area contributed by atoms with E-state index in [0.29, 0.717) is 16.3 Å². The highest BCUT2D eigenvalue weighted by atomic mass is 35.5. The Kier molecular flexibility index (Phi) is 5.64. The van der Waals surface area contributed by atoms with E-state index in [1.807, 2.05) is 25.1 Å². The van der Waals surface area contributed by atoms with Crippen LogP contribution in [0.5, 0.6) is 0 Å². The Labute approximate surface area is 181 Å². The highest BCUT2D eigenvalue weighted by Gasteiger charge is 2.18. The number of halogens is 1. The Hall–Kier alpha value is -3.78. The largest absolute Gasteiger partial charge is 0.333 e. The summed E-state index contributed by atoms with van der Waals surface area (Å²) < 4.78 is 2.20. The summed E-state index contributed by atoms with van der Waals surface area (Å²) >= 11 is 5.92. The zero-order valence-corrected chi connectivity index (χ0v) is 17.3. The van der Waals surface area contributed by atoms with Crippen LogP contribution in [-0.2, 0) is 17.9 Å². The summed E-state index contributed by atoms with van der Waals surface area (Å²) in [4.78, 5) is 47.0. The van der Waals surface area contributed by atoms with Gasteiger partial charge in [0, 0.05) is 23.1 Å². The maximum Gasteiger partial charge on any atom is 0.333 e. The molecule has 4 aromatic rings. The zero-order valence-electron chi connectivity index (χ0n) is 16.6. The van der Waals surface area contributed by atoms with Crippen molar-refractivity contribution in [3.8, 4) is 0 Å². The molecule has 1 amide bonds. The third kappa shape index (κ3) is 4.24. The van der Waals surface area contributed by atoms with Crippen molar-refractivity contribution in [1.82, 2.24) is 19.1 Å². The molecule has 0 aliphatic heterocycles. The van der Waals surface area contributed by atoms with Crippen LogP contribution in [0.2, 0.25) is 5.02 Å². The summed E-state index contributed by atoms with van der Waals surface area (Å²) in [6.45, 7) is 1.57. The zero-order chi connectivity index (χ0) is 22.0. The Morgan fingerprint density at radius 3 is 2.45 bits per heavy atom. The maximum absolute atomic E-state index is 13.2. The van der Waals surface area contributed by atoms with Gasteiger partial charge in [-0.15, -0.1) is 0 Å². The van der Waals surface area contributed by atoms with Gasteiger partial charge >= 0.3 is 5.69 Å². The smallest absolute Gasteiger partial charge is 0.324 e. The van der Waals surface area contributed by atoms with Gasteiger partial charge in [-0.2, -0.15) is 0 Å². The molecule has 156 valence electrons. The van der Waals surface area contributed by atoms with Crippen molar-refractivity contribution < 1.29 is 4.79 Å². The lowest BCUT2D eigenvalue weighted by molar-refractivity contribution is -0.116. The third-order valence-electron chi connectivity index (χ3n) is 4.82. The number of aryl methyl sites for hydroxylation is 1. The number of benzene rings is 2. The monoisotopic (exact) mass is 435 g/mol. The van der Waals surface area contributed by atoms with Crippen LogP contribution < -0.4 is 16.6 Å². The molecule has 9 heteroatoms. The van der Waals surface area contributed by atoms with E-state index < -0.39 is 17.2 Å². The number of para-hydroxylation sites is 1. The van der Waals surface area contributed by atoms with E-state index in [1.165, 1.54) is 12.4 Å². The minimum Gasteiger partial charge on any atom is -0.324 e. The van der Waals surface area contributed by atoms with Crippen molar-refractivity contribution in [2.45, 2.75) is 20.0 Å². The number of carbonyl (C=O) groups excluding carboxylic acids is 1. The number of aromatic nitrogens is 4. The van der Waals surface area contributed by atoms with Gasteiger partial charge in [0.15, 0.2) is 11.2 Å². The van der Waals surface area contributed by atoms with Crippen LogP contribution in [0.25, 0.3) is 11.2 Å². The van der Waals surface area contributed by atoms with Gasteiger partial charge in [-0.1, -0.05) is 41.9 Å². The molecule has 8 nitrogen and oxygen atoms in total. The van der Waals surface area contributed by atoms with Gasteiger partial charge in [-0.25, -0.2) is 14.8 Å². The van der Waals surface area contributed by atoms with Crippen LogP contribution in [0.4, 0.5) is 5.69 Å². The number of carbonyl (C=O) groups is 1. The second kappa shape index (κ2) is 8.53. The highest BCUT2D eigenvalue weighted by Crippen LogP contribution is 2.13. The van der Waals surface area contributed by atoms with Crippen LogP contribution in [0.3, 0.4) is 0 Å². The number of rotatable bonds is 5. The van der Waals surface area contributed by atoms with Crippen molar-refractivity contribution in [3.63, 3.8) is 0 Å². The molecule has 0 aliphatic carbocycles. The summed E-state index contributed by atoms with van der Waals surface area (Å²) in [5, 5.41) is 3.34. The standard InChI is InChI=1S/C22H18ClN5O3/c1-14-4-2-3-5-17(14)26-18(29)13-27-20-19(24-10-11-25-20)21(30)28(22(27)31)12-15-6-8-16(23)9-7-15/h2-11H,12-13H2,1H3,(H,26,29). The molecule has 0 fully saturated rings. The molecule has 31 heavy (non-hydrogen) atoms. The molecule has 2 heterocycles. The first-order valence-electron chi connectivity index (χ1n) is 9.48. The fourth-order valence-electron chi connectivity index (χ4n) is 3.23. The van der Waals surface area contributed by atoms with Crippen LogP contribution in [-0.4, -0.2) is 25.0 Å². The lowest BCUT2D eigenvalue weighted by Crippen LogP contribution is -2.42. The average molecular weight is 436 g/mol. The Morgan fingerprint density at radius 2 is 1.71 bits per heavy atom. The average Bonchev–Trinajstić information content (AvgIpc) is 2.77. The van der Waals surface area contributed by atoms with Crippen LogP contribution >= 0.6 is 11.6 Å². The number of nitrogens with zero attached hydrogens (tertiary/aromatic N) is 4. The molecular formula is C22H18ClN5O3. The highest BCUT2D eigenvalue weighted by molar-refractivity contribution is 6.30. The predicted molar refractivity (Wildman–Crippen MR) is 118 cm³/mol. The summed E-state index contributed by atoms with van der Waals surface area (Å²) in [6, 6.07) is 14.1. The number of anilines is 1. The van der Waals surface area contributed by atoms with Crippen molar-refractivity contribution in [2.24, 2.45) is 0 Å². The first kappa shape index (κ1) is 20.5. The van der Waals surface area contributed by atoms with Gasteiger partial charge in [0.05, 0.1) is 6.54 Å².